The van der Waals surface area contributed by atoms with Crippen LogP contribution in [0.15, 0.2) is 70.6 Å². The number of carbonyl (C=O) groups is 1. The summed E-state index contributed by atoms with van der Waals surface area (Å²) in [6, 6.07) is 16.1. The van der Waals surface area contributed by atoms with E-state index in [0.29, 0.717) is 40.8 Å². The van der Waals surface area contributed by atoms with Crippen LogP contribution in [0.3, 0.4) is 0 Å². The van der Waals surface area contributed by atoms with Crippen molar-refractivity contribution in [2.75, 3.05) is 12.4 Å². The molecule has 0 radical (unpaired) electrons. The number of fused-ring (bicyclic) bond motifs is 1. The summed E-state index contributed by atoms with van der Waals surface area (Å²) in [6.07, 6.45) is 2.53. The molecule has 0 atom stereocenters. The van der Waals surface area contributed by atoms with Gasteiger partial charge in [-0.15, -0.1) is 11.8 Å². The lowest BCUT2D eigenvalue weighted by Gasteiger charge is -2.11. The number of amides is 1. The van der Waals surface area contributed by atoms with E-state index in [-0.39, 0.29) is 11.5 Å². The van der Waals surface area contributed by atoms with E-state index in [1.807, 2.05) is 31.2 Å². The van der Waals surface area contributed by atoms with Gasteiger partial charge in [0.25, 0.3) is 17.2 Å². The first kappa shape index (κ1) is 21.6. The maximum Gasteiger partial charge on any atom is 0.274 e. The van der Waals surface area contributed by atoms with Crippen LogP contribution < -0.4 is 15.6 Å². The van der Waals surface area contributed by atoms with Gasteiger partial charge in [0.1, 0.15) is 12.1 Å². The third kappa shape index (κ3) is 4.67. The molecule has 4 rings (SSSR count). The van der Waals surface area contributed by atoms with Crippen molar-refractivity contribution in [2.45, 2.75) is 30.5 Å². The van der Waals surface area contributed by atoms with Crippen LogP contribution in [-0.2, 0) is 12.3 Å². The third-order valence-corrected chi connectivity index (χ3v) is 5.90. The monoisotopic (exact) mass is 449 g/mol. The highest BCUT2D eigenvalue weighted by Crippen LogP contribution is 2.29. The summed E-state index contributed by atoms with van der Waals surface area (Å²) in [5.41, 5.74) is 1.68. The lowest BCUT2D eigenvalue weighted by atomic mass is 10.2. The van der Waals surface area contributed by atoms with Gasteiger partial charge in [0.05, 0.1) is 18.5 Å². The Hall–Kier alpha value is -3.59. The molecule has 1 N–H and O–H groups in total. The van der Waals surface area contributed by atoms with Crippen LogP contribution >= 0.6 is 11.8 Å². The lowest BCUT2D eigenvalue weighted by molar-refractivity contribution is 0.102. The molecule has 0 aliphatic heterocycles. The van der Waals surface area contributed by atoms with Crippen molar-refractivity contribution in [2.24, 2.45) is 0 Å². The van der Waals surface area contributed by atoms with Crippen LogP contribution in [-0.4, -0.2) is 32.2 Å². The van der Waals surface area contributed by atoms with Crippen molar-refractivity contribution >= 4 is 29.1 Å². The number of hydrogen-bond acceptors (Lipinski definition) is 6. The van der Waals surface area contributed by atoms with Crippen molar-refractivity contribution in [1.82, 2.24) is 19.2 Å². The number of aromatic nitrogens is 4. The molecular weight excluding hydrogens is 426 g/mol. The Morgan fingerprint density at radius 3 is 2.81 bits per heavy atom. The van der Waals surface area contributed by atoms with E-state index in [0.717, 1.165) is 11.3 Å². The normalized spacial score (nSPS) is 10.9. The first-order valence-electron chi connectivity index (χ1n) is 10.2. The zero-order chi connectivity index (χ0) is 22.5. The molecule has 0 fully saturated rings. The molecule has 2 heterocycles. The van der Waals surface area contributed by atoms with Crippen LogP contribution in [0, 0.1) is 0 Å². The zero-order valence-electron chi connectivity index (χ0n) is 17.8. The van der Waals surface area contributed by atoms with Crippen LogP contribution in [0.25, 0.3) is 5.78 Å². The van der Waals surface area contributed by atoms with Crippen molar-refractivity contribution in [3.8, 4) is 5.75 Å². The second-order valence-electron chi connectivity index (χ2n) is 7.08. The second kappa shape index (κ2) is 9.69. The zero-order valence-corrected chi connectivity index (χ0v) is 18.6. The molecule has 0 aliphatic rings. The Bertz CT molecular complexity index is 1310. The summed E-state index contributed by atoms with van der Waals surface area (Å²) >= 11 is 1.49. The molecule has 0 unspecified atom stereocenters. The van der Waals surface area contributed by atoms with Crippen LogP contribution in [0.4, 0.5) is 5.69 Å². The molecule has 32 heavy (non-hydrogen) atoms. The van der Waals surface area contributed by atoms with E-state index in [9.17, 15) is 9.59 Å². The van der Waals surface area contributed by atoms with Crippen LogP contribution in [0.5, 0.6) is 5.75 Å². The summed E-state index contributed by atoms with van der Waals surface area (Å²) in [4.78, 5) is 34.9. The minimum Gasteiger partial charge on any atom is -0.497 e. The molecule has 0 bridgehead atoms. The van der Waals surface area contributed by atoms with Gasteiger partial charge in [-0.1, -0.05) is 25.1 Å². The summed E-state index contributed by atoms with van der Waals surface area (Å²) in [5.74, 6) is 1.25. The molecular formula is C23H23N5O3S. The number of anilines is 1. The van der Waals surface area contributed by atoms with Crippen molar-refractivity contribution < 1.29 is 9.53 Å². The smallest absolute Gasteiger partial charge is 0.274 e. The molecule has 1 amide bonds. The third-order valence-electron chi connectivity index (χ3n) is 4.79. The molecule has 2 aromatic heterocycles. The number of aryl methyl sites for hydroxylation is 1. The predicted octanol–water partition coefficient (Wildman–Crippen LogP) is 3.85. The molecule has 0 saturated carbocycles. The fourth-order valence-electron chi connectivity index (χ4n) is 3.27. The number of thioether (sulfide) groups is 1. The van der Waals surface area contributed by atoms with Crippen LogP contribution in [0.1, 0.15) is 29.4 Å². The molecule has 8 nitrogen and oxygen atoms in total. The Labute approximate surface area is 189 Å². The highest BCUT2D eigenvalue weighted by atomic mass is 32.2. The van der Waals surface area contributed by atoms with E-state index < -0.39 is 0 Å². The van der Waals surface area contributed by atoms with Gasteiger partial charge in [-0.05, 0) is 36.8 Å². The maximum absolute atomic E-state index is 12.7. The highest BCUT2D eigenvalue weighted by Gasteiger charge is 2.12. The second-order valence-corrected chi connectivity index (χ2v) is 8.09. The van der Waals surface area contributed by atoms with Gasteiger partial charge in [-0.3, -0.25) is 14.3 Å². The number of nitrogens with one attached hydrogen (secondary N) is 1. The van der Waals surface area contributed by atoms with E-state index in [1.165, 1.54) is 22.3 Å². The largest absolute Gasteiger partial charge is 0.497 e. The molecule has 0 saturated heterocycles. The lowest BCUT2D eigenvalue weighted by Crippen LogP contribution is -2.21. The van der Waals surface area contributed by atoms with Gasteiger partial charge >= 0.3 is 0 Å². The van der Waals surface area contributed by atoms with Gasteiger partial charge in [-0.25, -0.2) is 4.98 Å². The molecule has 2 aromatic carbocycles. The number of hydrogen-bond donors (Lipinski definition) is 1. The van der Waals surface area contributed by atoms with E-state index in [4.69, 9.17) is 4.74 Å². The first-order valence-corrected chi connectivity index (χ1v) is 11.2. The van der Waals surface area contributed by atoms with Crippen LogP contribution in [0.2, 0.25) is 0 Å². The first-order chi connectivity index (χ1) is 15.6. The van der Waals surface area contributed by atoms with Crippen molar-refractivity contribution in [1.29, 1.82) is 0 Å². The summed E-state index contributed by atoms with van der Waals surface area (Å²) in [5, 5.41) is 2.96. The number of para-hydroxylation sites is 1. The van der Waals surface area contributed by atoms with E-state index in [2.05, 4.69) is 15.3 Å². The highest BCUT2D eigenvalue weighted by molar-refractivity contribution is 7.98. The molecule has 0 spiro atoms. The van der Waals surface area contributed by atoms with Gasteiger partial charge in [0, 0.05) is 28.8 Å². The average Bonchev–Trinajstić information content (AvgIpc) is 3.22. The maximum atomic E-state index is 12.7. The fourth-order valence-corrected chi connectivity index (χ4v) is 4.17. The summed E-state index contributed by atoms with van der Waals surface area (Å²) in [6.45, 7) is 2.74. The quantitative estimate of drug-likeness (QED) is 0.411. The molecule has 0 aliphatic carbocycles. The van der Waals surface area contributed by atoms with Crippen molar-refractivity contribution in [3.63, 3.8) is 0 Å². The Morgan fingerprint density at radius 1 is 1.16 bits per heavy atom. The number of carbonyl (C=O) groups excluding carboxylic acids is 1. The van der Waals surface area contributed by atoms with E-state index in [1.54, 1.807) is 42.4 Å². The average molecular weight is 450 g/mol. The van der Waals surface area contributed by atoms with Gasteiger partial charge in [0.2, 0.25) is 0 Å². The molecule has 164 valence electrons. The minimum absolute atomic E-state index is 0.156. The number of methoxy groups -OCH3 is 1. The van der Waals surface area contributed by atoms with Gasteiger partial charge < -0.3 is 10.1 Å². The Balaban J connectivity index is 1.51. The van der Waals surface area contributed by atoms with Crippen molar-refractivity contribution in [3.05, 3.63) is 82.5 Å². The summed E-state index contributed by atoms with van der Waals surface area (Å²) < 4.78 is 8.45. The van der Waals surface area contributed by atoms with E-state index >= 15 is 0 Å². The van der Waals surface area contributed by atoms with Gasteiger partial charge in [0.15, 0.2) is 0 Å². The SMILES string of the molecule is CCCn1cnc2nc(CSc3ccccc3NC(=O)c3cccc(OC)c3)cc(=O)n21. The fraction of sp³-hybridized carbons (Fsp3) is 0.217. The Morgan fingerprint density at radius 2 is 2.00 bits per heavy atom. The minimum atomic E-state index is -0.226. The Kier molecular flexibility index (Phi) is 6.55. The molecule has 4 aromatic rings. The number of rotatable bonds is 8. The standard InChI is InChI=1S/C23H23N5O3S/c1-3-11-27-15-24-23-25-17(13-21(29)28(23)27)14-32-20-10-5-4-9-19(20)26-22(30)16-7-6-8-18(12-16)31-2/h4-10,12-13,15H,3,11,14H2,1-2H3,(H,26,30). The number of nitrogens with zero attached hydrogens (tertiary/aromatic N) is 4. The number of benzene rings is 2. The van der Waals surface area contributed by atoms with Gasteiger partial charge in [-0.2, -0.15) is 9.50 Å². The predicted molar refractivity (Wildman–Crippen MR) is 124 cm³/mol. The topological polar surface area (TPSA) is 90.5 Å². The summed E-state index contributed by atoms with van der Waals surface area (Å²) in [7, 11) is 1.56. The molecule has 9 heteroatoms. The number of ether oxygens (including phenoxy) is 1.